The molecular formula is C16H22N2O3. The van der Waals surface area contributed by atoms with Crippen molar-refractivity contribution in [3.05, 3.63) is 40.2 Å². The Bertz CT molecular complexity index is 701. The van der Waals surface area contributed by atoms with Crippen LogP contribution in [0.5, 0.6) is 5.75 Å². The normalized spacial score (nSPS) is 15.1. The summed E-state index contributed by atoms with van der Waals surface area (Å²) in [6.45, 7) is 7.99. The first-order chi connectivity index (χ1) is 9.69. The van der Waals surface area contributed by atoms with E-state index in [1.807, 2.05) is 27.7 Å². The Morgan fingerprint density at radius 2 is 1.86 bits per heavy atom. The highest BCUT2D eigenvalue weighted by molar-refractivity contribution is 5.87. The van der Waals surface area contributed by atoms with E-state index in [1.165, 1.54) is 12.1 Å². The smallest absolute Gasteiger partial charge is 0.248 e. The maximum atomic E-state index is 11.4. The summed E-state index contributed by atoms with van der Waals surface area (Å²) in [5.41, 5.74) is 0.608. The van der Waals surface area contributed by atoms with E-state index in [0.717, 1.165) is 0 Å². The molecule has 0 fully saturated rings. The monoisotopic (exact) mass is 290 g/mol. The predicted molar refractivity (Wildman–Crippen MR) is 83.5 cm³/mol. The van der Waals surface area contributed by atoms with Crippen LogP contribution in [-0.4, -0.2) is 26.8 Å². The van der Waals surface area contributed by atoms with Crippen molar-refractivity contribution in [1.29, 1.82) is 0 Å². The molecule has 1 heterocycles. The third-order valence-electron chi connectivity index (χ3n) is 3.36. The molecule has 0 spiro atoms. The van der Waals surface area contributed by atoms with E-state index in [-0.39, 0.29) is 22.9 Å². The van der Waals surface area contributed by atoms with Gasteiger partial charge in [0.2, 0.25) is 5.56 Å². The minimum atomic E-state index is -0.752. The highest BCUT2D eigenvalue weighted by atomic mass is 16.3. The van der Waals surface area contributed by atoms with Gasteiger partial charge in [0.15, 0.2) is 0 Å². The third-order valence-corrected chi connectivity index (χ3v) is 3.36. The summed E-state index contributed by atoms with van der Waals surface area (Å²) in [6, 6.07) is 6.00. The van der Waals surface area contributed by atoms with Gasteiger partial charge in [0.05, 0.1) is 11.6 Å². The largest absolute Gasteiger partial charge is 0.506 e. The minimum absolute atomic E-state index is 0.00455. The Balaban J connectivity index is 2.47. The highest BCUT2D eigenvalue weighted by Crippen LogP contribution is 2.30. The van der Waals surface area contributed by atoms with Gasteiger partial charge in [-0.15, -0.1) is 0 Å². The van der Waals surface area contributed by atoms with Crippen molar-refractivity contribution in [2.24, 2.45) is 0 Å². The van der Waals surface area contributed by atoms with E-state index in [4.69, 9.17) is 0 Å². The lowest BCUT2D eigenvalue weighted by molar-refractivity contribution is 0.122. The molecule has 0 amide bonds. The quantitative estimate of drug-likeness (QED) is 0.697. The van der Waals surface area contributed by atoms with Gasteiger partial charge in [0.1, 0.15) is 5.75 Å². The van der Waals surface area contributed by atoms with Crippen LogP contribution in [0.25, 0.3) is 10.9 Å². The highest BCUT2D eigenvalue weighted by Gasteiger charge is 2.23. The number of fused-ring (bicyclic) bond motifs is 1. The first-order valence-corrected chi connectivity index (χ1v) is 7.00. The molecule has 0 saturated carbocycles. The number of pyridine rings is 1. The summed E-state index contributed by atoms with van der Waals surface area (Å²) in [6.07, 6.45) is -0.752. The molecule has 21 heavy (non-hydrogen) atoms. The number of rotatable bonds is 3. The van der Waals surface area contributed by atoms with Gasteiger partial charge in [-0.1, -0.05) is 6.07 Å². The SMILES string of the molecule is CC(NC(C)(C)C)C(O)c1ccc(O)c2[nH]c(=O)ccc12. The summed E-state index contributed by atoms with van der Waals surface area (Å²) in [5, 5.41) is 24.4. The summed E-state index contributed by atoms with van der Waals surface area (Å²) in [4.78, 5) is 14.0. The van der Waals surface area contributed by atoms with E-state index >= 15 is 0 Å². The van der Waals surface area contributed by atoms with Crippen molar-refractivity contribution in [3.63, 3.8) is 0 Å². The first-order valence-electron chi connectivity index (χ1n) is 7.00. The summed E-state index contributed by atoms with van der Waals surface area (Å²) in [5.74, 6) is -0.00455. The molecule has 5 heteroatoms. The van der Waals surface area contributed by atoms with Crippen LogP contribution in [-0.2, 0) is 0 Å². The van der Waals surface area contributed by atoms with Crippen LogP contribution in [0, 0.1) is 0 Å². The third kappa shape index (κ3) is 3.43. The number of aromatic amines is 1. The Hall–Kier alpha value is -1.85. The fourth-order valence-corrected chi connectivity index (χ4v) is 2.55. The number of aromatic hydroxyl groups is 1. The Morgan fingerprint density at radius 3 is 2.48 bits per heavy atom. The van der Waals surface area contributed by atoms with Crippen LogP contribution in [0.4, 0.5) is 0 Å². The zero-order valence-corrected chi connectivity index (χ0v) is 12.8. The van der Waals surface area contributed by atoms with Crippen molar-refractivity contribution < 1.29 is 10.2 Å². The van der Waals surface area contributed by atoms with Gasteiger partial charge >= 0.3 is 0 Å². The van der Waals surface area contributed by atoms with Gasteiger partial charge in [-0.05, 0) is 45.4 Å². The number of benzene rings is 1. The molecule has 0 saturated heterocycles. The number of hydrogen-bond donors (Lipinski definition) is 4. The molecule has 1 aromatic heterocycles. The van der Waals surface area contributed by atoms with Crippen molar-refractivity contribution >= 4 is 10.9 Å². The van der Waals surface area contributed by atoms with Crippen molar-refractivity contribution in [3.8, 4) is 5.75 Å². The number of nitrogens with one attached hydrogen (secondary N) is 2. The molecule has 2 aromatic rings. The van der Waals surface area contributed by atoms with Crippen molar-refractivity contribution in [2.75, 3.05) is 0 Å². The maximum absolute atomic E-state index is 11.4. The van der Waals surface area contributed by atoms with Crippen LogP contribution >= 0.6 is 0 Å². The molecule has 4 N–H and O–H groups in total. The van der Waals surface area contributed by atoms with Crippen LogP contribution in [0.2, 0.25) is 0 Å². The fraction of sp³-hybridized carbons (Fsp3) is 0.438. The second-order valence-corrected chi connectivity index (χ2v) is 6.41. The van der Waals surface area contributed by atoms with Crippen LogP contribution in [0.15, 0.2) is 29.1 Å². The Labute approximate surface area is 123 Å². The number of aromatic nitrogens is 1. The van der Waals surface area contributed by atoms with Crippen LogP contribution < -0.4 is 10.9 Å². The second-order valence-electron chi connectivity index (χ2n) is 6.41. The Kier molecular flexibility index (Phi) is 4.07. The number of aliphatic hydroxyl groups excluding tert-OH is 1. The summed E-state index contributed by atoms with van der Waals surface area (Å²) in [7, 11) is 0. The first kappa shape index (κ1) is 15.5. The lowest BCUT2D eigenvalue weighted by Crippen LogP contribution is -2.45. The zero-order chi connectivity index (χ0) is 15.8. The van der Waals surface area contributed by atoms with Gasteiger partial charge in [0.25, 0.3) is 0 Å². The van der Waals surface area contributed by atoms with Gasteiger partial charge in [0, 0.05) is 23.0 Å². The molecular weight excluding hydrogens is 268 g/mol. The molecule has 1 aromatic carbocycles. The molecule has 0 aliphatic rings. The zero-order valence-electron chi connectivity index (χ0n) is 12.8. The Morgan fingerprint density at radius 1 is 1.19 bits per heavy atom. The molecule has 0 radical (unpaired) electrons. The number of phenolic OH excluding ortho intramolecular Hbond substituents is 1. The van der Waals surface area contributed by atoms with Crippen molar-refractivity contribution in [1.82, 2.24) is 10.3 Å². The minimum Gasteiger partial charge on any atom is -0.506 e. The maximum Gasteiger partial charge on any atom is 0.248 e. The van der Waals surface area contributed by atoms with Gasteiger partial charge < -0.3 is 20.5 Å². The predicted octanol–water partition coefficient (Wildman–Crippen LogP) is 2.04. The number of H-pyrrole nitrogens is 1. The van der Waals surface area contributed by atoms with E-state index in [1.54, 1.807) is 12.1 Å². The number of hydrogen-bond acceptors (Lipinski definition) is 4. The van der Waals surface area contributed by atoms with Crippen LogP contribution in [0.1, 0.15) is 39.4 Å². The molecule has 5 nitrogen and oxygen atoms in total. The van der Waals surface area contributed by atoms with Gasteiger partial charge in [-0.3, -0.25) is 4.79 Å². The van der Waals surface area contributed by atoms with E-state index < -0.39 is 6.10 Å². The van der Waals surface area contributed by atoms with Gasteiger partial charge in [-0.2, -0.15) is 0 Å². The topological polar surface area (TPSA) is 85.3 Å². The average Bonchev–Trinajstić information content (AvgIpc) is 2.37. The lowest BCUT2D eigenvalue weighted by atomic mass is 9.96. The van der Waals surface area contributed by atoms with E-state index in [0.29, 0.717) is 16.5 Å². The average molecular weight is 290 g/mol. The molecule has 114 valence electrons. The molecule has 0 aliphatic heterocycles. The number of phenols is 1. The fourth-order valence-electron chi connectivity index (χ4n) is 2.55. The second kappa shape index (κ2) is 5.50. The molecule has 2 unspecified atom stereocenters. The van der Waals surface area contributed by atoms with Crippen LogP contribution in [0.3, 0.4) is 0 Å². The van der Waals surface area contributed by atoms with Crippen molar-refractivity contribution in [2.45, 2.75) is 45.4 Å². The lowest BCUT2D eigenvalue weighted by Gasteiger charge is -2.30. The number of aliphatic hydroxyl groups is 1. The summed E-state index contributed by atoms with van der Waals surface area (Å²) < 4.78 is 0. The molecule has 2 rings (SSSR count). The molecule has 2 atom stereocenters. The standard InChI is InChI=1S/C16H22N2O3/c1-9(18-16(2,3)4)15(21)11-5-7-12(19)14-10(11)6-8-13(20)17-14/h5-9,15,18-19,21H,1-4H3,(H,17,20). The van der Waals surface area contributed by atoms with Gasteiger partial charge in [-0.25, -0.2) is 0 Å². The molecule has 0 bridgehead atoms. The van der Waals surface area contributed by atoms with E-state index in [9.17, 15) is 15.0 Å². The summed E-state index contributed by atoms with van der Waals surface area (Å²) >= 11 is 0. The molecule has 0 aliphatic carbocycles. The van der Waals surface area contributed by atoms with E-state index in [2.05, 4.69) is 10.3 Å².